The van der Waals surface area contributed by atoms with E-state index < -0.39 is 21.8 Å². The van der Waals surface area contributed by atoms with Crippen LogP contribution in [0, 0.1) is 0 Å². The lowest BCUT2D eigenvalue weighted by molar-refractivity contribution is -0.137. The van der Waals surface area contributed by atoms with Gasteiger partial charge in [-0.2, -0.15) is 18.3 Å². The first-order valence-electron chi connectivity index (χ1n) is 5.60. The maximum absolute atomic E-state index is 12.6. The van der Waals surface area contributed by atoms with Crippen molar-refractivity contribution in [2.24, 2.45) is 0 Å². The van der Waals surface area contributed by atoms with Gasteiger partial charge in [0.1, 0.15) is 4.90 Å². The standard InChI is InChI=1S/C11H11F3N4O2S/c1-16-21(19,20)10-4-8(15)2-3-9(10)18-6-7(5-17-18)11(12,13)14/h2-6,16H,15H2,1H3. The fraction of sp³-hybridized carbons (Fsp3) is 0.182. The molecule has 0 radical (unpaired) electrons. The van der Waals surface area contributed by atoms with Crippen molar-refractivity contribution in [3.63, 3.8) is 0 Å². The van der Waals surface area contributed by atoms with Gasteiger partial charge in [0.2, 0.25) is 10.0 Å². The Kier molecular flexibility index (Phi) is 3.68. The third-order valence-electron chi connectivity index (χ3n) is 2.70. The number of sulfonamides is 1. The van der Waals surface area contributed by atoms with Crippen molar-refractivity contribution in [2.75, 3.05) is 12.8 Å². The molecule has 2 aromatic rings. The van der Waals surface area contributed by atoms with Crippen LogP contribution in [0.5, 0.6) is 0 Å². The molecule has 1 aromatic carbocycles. The first-order chi connectivity index (χ1) is 9.65. The zero-order valence-electron chi connectivity index (χ0n) is 10.7. The number of alkyl halides is 3. The van der Waals surface area contributed by atoms with E-state index in [2.05, 4.69) is 9.82 Å². The van der Waals surface area contributed by atoms with Crippen molar-refractivity contribution in [3.05, 3.63) is 36.2 Å². The van der Waals surface area contributed by atoms with Crippen LogP contribution in [0.3, 0.4) is 0 Å². The van der Waals surface area contributed by atoms with Crippen LogP contribution in [0.15, 0.2) is 35.5 Å². The quantitative estimate of drug-likeness (QED) is 0.836. The smallest absolute Gasteiger partial charge is 0.399 e. The molecule has 0 saturated heterocycles. The maximum Gasteiger partial charge on any atom is 0.419 e. The van der Waals surface area contributed by atoms with E-state index in [1.807, 2.05) is 0 Å². The van der Waals surface area contributed by atoms with E-state index in [1.165, 1.54) is 19.2 Å². The Hall–Kier alpha value is -2.07. The average molecular weight is 320 g/mol. The van der Waals surface area contributed by atoms with E-state index in [0.717, 1.165) is 10.7 Å². The zero-order chi connectivity index (χ0) is 15.8. The molecule has 2 rings (SSSR count). The molecule has 1 aromatic heterocycles. The van der Waals surface area contributed by atoms with E-state index in [9.17, 15) is 21.6 Å². The number of nitrogen functional groups attached to an aromatic ring is 1. The summed E-state index contributed by atoms with van der Waals surface area (Å²) in [6.07, 6.45) is -3.24. The fourth-order valence-corrected chi connectivity index (χ4v) is 2.59. The van der Waals surface area contributed by atoms with Crippen LogP contribution in [0.25, 0.3) is 5.69 Å². The van der Waals surface area contributed by atoms with Crippen molar-refractivity contribution < 1.29 is 21.6 Å². The van der Waals surface area contributed by atoms with Crippen LogP contribution in [0.2, 0.25) is 0 Å². The van der Waals surface area contributed by atoms with Gasteiger partial charge in [-0.15, -0.1) is 0 Å². The molecule has 0 aliphatic rings. The summed E-state index contributed by atoms with van der Waals surface area (Å²) in [5.74, 6) is 0. The number of hydrogen-bond donors (Lipinski definition) is 2. The number of hydrogen-bond acceptors (Lipinski definition) is 4. The molecule has 0 unspecified atom stereocenters. The highest BCUT2D eigenvalue weighted by Gasteiger charge is 2.32. The van der Waals surface area contributed by atoms with E-state index in [4.69, 9.17) is 5.73 Å². The average Bonchev–Trinajstić information content (AvgIpc) is 2.88. The van der Waals surface area contributed by atoms with Crippen molar-refractivity contribution in [1.29, 1.82) is 0 Å². The van der Waals surface area contributed by atoms with E-state index in [-0.39, 0.29) is 16.3 Å². The van der Waals surface area contributed by atoms with E-state index >= 15 is 0 Å². The van der Waals surface area contributed by atoms with Gasteiger partial charge >= 0.3 is 6.18 Å². The number of benzene rings is 1. The Morgan fingerprint density at radius 2 is 2.00 bits per heavy atom. The van der Waals surface area contributed by atoms with Gasteiger partial charge in [0.15, 0.2) is 0 Å². The molecule has 0 saturated carbocycles. The van der Waals surface area contributed by atoms with Gasteiger partial charge in [0, 0.05) is 11.9 Å². The van der Waals surface area contributed by atoms with Crippen molar-refractivity contribution in [1.82, 2.24) is 14.5 Å². The van der Waals surface area contributed by atoms with E-state index in [1.54, 1.807) is 0 Å². The number of anilines is 1. The molecule has 0 spiro atoms. The van der Waals surface area contributed by atoms with Crippen LogP contribution in [-0.2, 0) is 16.2 Å². The van der Waals surface area contributed by atoms with Crippen LogP contribution >= 0.6 is 0 Å². The van der Waals surface area contributed by atoms with Crippen molar-refractivity contribution in [2.45, 2.75) is 11.1 Å². The number of halogens is 3. The Morgan fingerprint density at radius 3 is 2.52 bits per heavy atom. The lowest BCUT2D eigenvalue weighted by Crippen LogP contribution is -2.21. The third-order valence-corrected chi connectivity index (χ3v) is 4.14. The molecule has 0 atom stereocenters. The minimum Gasteiger partial charge on any atom is -0.399 e. The molecule has 1 heterocycles. The number of nitrogens with two attached hydrogens (primary N) is 1. The highest BCUT2D eigenvalue weighted by Crippen LogP contribution is 2.30. The second-order valence-electron chi connectivity index (χ2n) is 4.11. The molecule has 0 amide bonds. The van der Waals surface area contributed by atoms with Crippen LogP contribution in [0.4, 0.5) is 18.9 Å². The van der Waals surface area contributed by atoms with Gasteiger partial charge in [-0.05, 0) is 25.2 Å². The Balaban J connectivity index is 2.62. The Morgan fingerprint density at radius 1 is 1.33 bits per heavy atom. The van der Waals surface area contributed by atoms with Gasteiger partial charge in [-0.1, -0.05) is 0 Å². The summed E-state index contributed by atoms with van der Waals surface area (Å²) in [6.45, 7) is 0. The molecule has 0 fully saturated rings. The van der Waals surface area contributed by atoms with Gasteiger partial charge < -0.3 is 5.73 Å². The summed E-state index contributed by atoms with van der Waals surface area (Å²) in [6, 6.07) is 3.81. The third kappa shape index (κ3) is 3.00. The van der Waals surface area contributed by atoms with Gasteiger partial charge in [-0.3, -0.25) is 0 Å². The van der Waals surface area contributed by atoms with Gasteiger partial charge in [-0.25, -0.2) is 17.8 Å². The second-order valence-corrected chi connectivity index (χ2v) is 5.96. The molecular formula is C11H11F3N4O2S. The molecule has 21 heavy (non-hydrogen) atoms. The van der Waals surface area contributed by atoms with Crippen LogP contribution < -0.4 is 10.5 Å². The number of rotatable bonds is 3. The minimum absolute atomic E-state index is 0.0333. The van der Waals surface area contributed by atoms with Gasteiger partial charge in [0.25, 0.3) is 0 Å². The summed E-state index contributed by atoms with van der Waals surface area (Å²) in [7, 11) is -2.71. The Bertz CT molecular complexity index is 768. The highest BCUT2D eigenvalue weighted by molar-refractivity contribution is 7.89. The molecule has 10 heteroatoms. The predicted molar refractivity (Wildman–Crippen MR) is 69.2 cm³/mol. The monoisotopic (exact) mass is 320 g/mol. The summed E-state index contributed by atoms with van der Waals surface area (Å²) in [5.41, 5.74) is 4.68. The molecule has 3 N–H and O–H groups in total. The molecular weight excluding hydrogens is 309 g/mol. The van der Waals surface area contributed by atoms with Crippen molar-refractivity contribution in [3.8, 4) is 5.69 Å². The lowest BCUT2D eigenvalue weighted by Gasteiger charge is -2.10. The van der Waals surface area contributed by atoms with Gasteiger partial charge in [0.05, 0.1) is 17.4 Å². The number of nitrogens with one attached hydrogen (secondary N) is 1. The molecule has 6 nitrogen and oxygen atoms in total. The molecule has 0 aliphatic carbocycles. The van der Waals surface area contributed by atoms with Crippen molar-refractivity contribution >= 4 is 15.7 Å². The topological polar surface area (TPSA) is 90.0 Å². The zero-order valence-corrected chi connectivity index (χ0v) is 11.5. The maximum atomic E-state index is 12.6. The molecule has 0 bridgehead atoms. The molecule has 114 valence electrons. The summed E-state index contributed by atoms with van der Waals surface area (Å²) in [4.78, 5) is -0.262. The summed E-state index contributed by atoms with van der Waals surface area (Å²) < 4.78 is 64.5. The number of aromatic nitrogens is 2. The lowest BCUT2D eigenvalue weighted by atomic mass is 10.3. The molecule has 0 aliphatic heterocycles. The Labute approximate surface area is 118 Å². The summed E-state index contributed by atoms with van der Waals surface area (Å²) in [5, 5.41) is 3.55. The number of nitrogens with zero attached hydrogens (tertiary/aromatic N) is 2. The van der Waals surface area contributed by atoms with E-state index in [0.29, 0.717) is 12.4 Å². The predicted octanol–water partition coefficient (Wildman–Crippen LogP) is 1.38. The second kappa shape index (κ2) is 5.04. The normalized spacial score (nSPS) is 12.6. The van der Waals surface area contributed by atoms with Crippen LogP contribution in [0.1, 0.15) is 5.56 Å². The first-order valence-corrected chi connectivity index (χ1v) is 7.09. The van der Waals surface area contributed by atoms with Crippen LogP contribution in [-0.4, -0.2) is 25.2 Å². The summed E-state index contributed by atoms with van der Waals surface area (Å²) >= 11 is 0. The largest absolute Gasteiger partial charge is 0.419 e. The fourth-order valence-electron chi connectivity index (χ4n) is 1.65. The SMILES string of the molecule is CNS(=O)(=O)c1cc(N)ccc1-n1cc(C(F)(F)F)cn1. The minimum atomic E-state index is -4.56. The first kappa shape index (κ1) is 15.3. The highest BCUT2D eigenvalue weighted by atomic mass is 32.2.